The van der Waals surface area contributed by atoms with Crippen LogP contribution < -0.4 is 14.8 Å². The van der Waals surface area contributed by atoms with Gasteiger partial charge in [-0.2, -0.15) is 0 Å². The Kier molecular flexibility index (Phi) is 7.15. The standard InChI is InChI=1S/C37H31ClN2O2/c1-41-35-21-24(20-33(38)37(35)42-23-27-10-6-9-25-8-2-3-11-29(25)27)22-39-28-18-16-26(17-19-28)36-32-14-7-13-30(32)31-12-4-5-15-34(31)40-36/h2-13,15-22,30,32,36,40H,14,23H2,1H3/t30-,32-,36+/m1/s1. The average molecular weight is 571 g/mol. The average Bonchev–Trinajstić information content (AvgIpc) is 3.53. The third-order valence-corrected chi connectivity index (χ3v) is 8.67. The largest absolute Gasteiger partial charge is 0.493 e. The van der Waals surface area contributed by atoms with Gasteiger partial charge in [0.15, 0.2) is 11.5 Å². The first-order chi connectivity index (χ1) is 20.7. The van der Waals surface area contributed by atoms with Crippen LogP contribution in [0, 0.1) is 5.92 Å². The summed E-state index contributed by atoms with van der Waals surface area (Å²) in [6.07, 6.45) is 7.59. The first-order valence-electron chi connectivity index (χ1n) is 14.3. The van der Waals surface area contributed by atoms with Gasteiger partial charge in [0, 0.05) is 17.8 Å². The highest BCUT2D eigenvalue weighted by Gasteiger charge is 2.37. The molecule has 1 N–H and O–H groups in total. The number of ether oxygens (including phenoxy) is 2. The molecule has 42 heavy (non-hydrogen) atoms. The van der Waals surface area contributed by atoms with E-state index in [4.69, 9.17) is 26.1 Å². The van der Waals surface area contributed by atoms with Gasteiger partial charge in [-0.3, -0.25) is 4.99 Å². The Morgan fingerprint density at radius 3 is 2.62 bits per heavy atom. The minimum atomic E-state index is 0.266. The Hall–Kier alpha value is -4.54. The van der Waals surface area contributed by atoms with Crippen LogP contribution in [0.2, 0.25) is 5.02 Å². The number of rotatable bonds is 7. The van der Waals surface area contributed by atoms with Crippen LogP contribution in [0.3, 0.4) is 0 Å². The van der Waals surface area contributed by atoms with Gasteiger partial charge in [-0.15, -0.1) is 0 Å². The van der Waals surface area contributed by atoms with Gasteiger partial charge < -0.3 is 14.8 Å². The van der Waals surface area contributed by atoms with E-state index < -0.39 is 0 Å². The molecule has 0 spiro atoms. The Morgan fingerprint density at radius 1 is 0.929 bits per heavy atom. The van der Waals surface area contributed by atoms with Gasteiger partial charge in [0.1, 0.15) is 6.61 Å². The Morgan fingerprint density at radius 2 is 1.74 bits per heavy atom. The monoisotopic (exact) mass is 570 g/mol. The molecule has 7 rings (SSSR count). The molecule has 5 aromatic rings. The van der Waals surface area contributed by atoms with E-state index in [0.29, 0.717) is 35.0 Å². The molecule has 0 amide bonds. The Balaban J connectivity index is 1.07. The fourth-order valence-electron chi connectivity index (χ4n) is 6.31. The fraction of sp³-hybridized carbons (Fsp3) is 0.162. The number of nitrogens with zero attached hydrogens (tertiary/aromatic N) is 1. The number of methoxy groups -OCH3 is 1. The van der Waals surface area contributed by atoms with E-state index in [-0.39, 0.29) is 6.04 Å². The van der Waals surface area contributed by atoms with Crippen molar-refractivity contribution in [1.82, 2.24) is 0 Å². The van der Waals surface area contributed by atoms with Crippen molar-refractivity contribution in [2.24, 2.45) is 10.9 Å². The van der Waals surface area contributed by atoms with E-state index in [0.717, 1.165) is 28.6 Å². The predicted molar refractivity (Wildman–Crippen MR) is 173 cm³/mol. The number of hydrogen-bond donors (Lipinski definition) is 1. The Labute approximate surface area is 251 Å². The first kappa shape index (κ1) is 26.4. The Bertz CT molecular complexity index is 1810. The maximum absolute atomic E-state index is 6.69. The molecular weight excluding hydrogens is 540 g/mol. The van der Waals surface area contributed by atoms with Gasteiger partial charge in [-0.1, -0.05) is 96.5 Å². The number of para-hydroxylation sites is 1. The highest BCUT2D eigenvalue weighted by molar-refractivity contribution is 6.32. The van der Waals surface area contributed by atoms with Crippen LogP contribution in [-0.4, -0.2) is 13.3 Å². The third kappa shape index (κ3) is 5.03. The summed E-state index contributed by atoms with van der Waals surface area (Å²) in [7, 11) is 1.62. The van der Waals surface area contributed by atoms with Crippen LogP contribution in [0.4, 0.5) is 11.4 Å². The molecule has 0 saturated carbocycles. The summed E-state index contributed by atoms with van der Waals surface area (Å²) in [4.78, 5) is 4.73. The van der Waals surface area contributed by atoms with Crippen LogP contribution in [0.25, 0.3) is 10.8 Å². The van der Waals surface area contributed by atoms with Crippen molar-refractivity contribution in [2.45, 2.75) is 25.0 Å². The van der Waals surface area contributed by atoms with Crippen molar-refractivity contribution in [3.05, 3.63) is 143 Å². The number of fused-ring (bicyclic) bond motifs is 4. The molecule has 5 heteroatoms. The summed E-state index contributed by atoms with van der Waals surface area (Å²) < 4.78 is 11.8. The van der Waals surface area contributed by atoms with Crippen molar-refractivity contribution in [3.8, 4) is 11.5 Å². The molecule has 0 unspecified atom stereocenters. The van der Waals surface area contributed by atoms with Crippen molar-refractivity contribution < 1.29 is 9.47 Å². The lowest BCUT2D eigenvalue weighted by Gasteiger charge is -2.37. The zero-order chi connectivity index (χ0) is 28.5. The third-order valence-electron chi connectivity index (χ3n) is 8.39. The van der Waals surface area contributed by atoms with Crippen LogP contribution >= 0.6 is 11.6 Å². The van der Waals surface area contributed by atoms with Crippen LogP contribution in [0.1, 0.15) is 40.6 Å². The second kappa shape index (κ2) is 11.4. The number of benzene rings is 5. The van der Waals surface area contributed by atoms with E-state index >= 15 is 0 Å². The lowest BCUT2D eigenvalue weighted by Crippen LogP contribution is -2.28. The fourth-order valence-corrected chi connectivity index (χ4v) is 6.59. The summed E-state index contributed by atoms with van der Waals surface area (Å²) >= 11 is 6.69. The normalized spacial score (nSPS) is 19.0. The van der Waals surface area contributed by atoms with E-state index in [1.807, 2.05) is 36.5 Å². The summed E-state index contributed by atoms with van der Waals surface area (Å²) in [6.45, 7) is 0.385. The molecule has 1 aliphatic heterocycles. The highest BCUT2D eigenvalue weighted by Crippen LogP contribution is 2.49. The van der Waals surface area contributed by atoms with Crippen LogP contribution in [0.5, 0.6) is 11.5 Å². The van der Waals surface area contributed by atoms with E-state index in [1.54, 1.807) is 7.11 Å². The molecule has 0 bridgehead atoms. The smallest absolute Gasteiger partial charge is 0.180 e. The maximum atomic E-state index is 6.69. The molecule has 5 aromatic carbocycles. The molecule has 208 valence electrons. The molecule has 1 heterocycles. The molecule has 0 saturated heterocycles. The molecule has 1 aliphatic carbocycles. The van der Waals surface area contributed by atoms with E-state index in [1.165, 1.54) is 22.2 Å². The molecule has 0 aromatic heterocycles. The number of aliphatic imine (C=N–C) groups is 1. The summed E-state index contributed by atoms with van der Waals surface area (Å²) in [6, 6.07) is 35.7. The lowest BCUT2D eigenvalue weighted by atomic mass is 9.77. The SMILES string of the molecule is COc1cc(C=Nc2ccc([C@@H]3Nc4ccccc4[C@H]4C=CC[C@H]43)cc2)cc(Cl)c1OCc1cccc2ccccc12. The van der Waals surface area contributed by atoms with Gasteiger partial charge in [0.25, 0.3) is 0 Å². The molecule has 0 radical (unpaired) electrons. The topological polar surface area (TPSA) is 42.8 Å². The summed E-state index contributed by atoms with van der Waals surface area (Å²) in [5.41, 5.74) is 6.71. The minimum absolute atomic E-state index is 0.266. The maximum Gasteiger partial charge on any atom is 0.180 e. The summed E-state index contributed by atoms with van der Waals surface area (Å²) in [5.74, 6) is 2.08. The quantitative estimate of drug-likeness (QED) is 0.156. The van der Waals surface area contributed by atoms with Crippen LogP contribution in [0.15, 0.2) is 120 Å². The van der Waals surface area contributed by atoms with Crippen molar-refractivity contribution in [1.29, 1.82) is 0 Å². The second-order valence-corrected chi connectivity index (χ2v) is 11.3. The van der Waals surface area contributed by atoms with Gasteiger partial charge in [-0.05, 0) is 75.7 Å². The van der Waals surface area contributed by atoms with Gasteiger partial charge in [0.2, 0.25) is 0 Å². The second-order valence-electron chi connectivity index (χ2n) is 10.9. The predicted octanol–water partition coefficient (Wildman–Crippen LogP) is 9.66. The number of halogens is 1. The first-order valence-corrected chi connectivity index (χ1v) is 14.7. The molecule has 4 nitrogen and oxygen atoms in total. The van der Waals surface area contributed by atoms with Gasteiger partial charge in [0.05, 0.1) is 23.9 Å². The van der Waals surface area contributed by atoms with Crippen molar-refractivity contribution >= 4 is 40.0 Å². The number of nitrogens with one attached hydrogen (secondary N) is 1. The molecular formula is C37H31ClN2O2. The highest BCUT2D eigenvalue weighted by atomic mass is 35.5. The van der Waals surface area contributed by atoms with Gasteiger partial charge >= 0.3 is 0 Å². The molecule has 0 fully saturated rings. The number of allylic oxidation sites excluding steroid dienone is 2. The van der Waals surface area contributed by atoms with Crippen LogP contribution in [-0.2, 0) is 6.61 Å². The molecule has 3 atom stereocenters. The zero-order valence-corrected chi connectivity index (χ0v) is 24.1. The number of anilines is 1. The van der Waals surface area contributed by atoms with Crippen molar-refractivity contribution in [2.75, 3.05) is 12.4 Å². The van der Waals surface area contributed by atoms with E-state index in [9.17, 15) is 0 Å². The zero-order valence-electron chi connectivity index (χ0n) is 23.3. The number of hydrogen-bond acceptors (Lipinski definition) is 4. The minimum Gasteiger partial charge on any atom is -0.493 e. The summed E-state index contributed by atoms with van der Waals surface area (Å²) in [5, 5.41) is 6.62. The molecule has 2 aliphatic rings. The van der Waals surface area contributed by atoms with E-state index in [2.05, 4.69) is 90.3 Å². The van der Waals surface area contributed by atoms with Crippen molar-refractivity contribution in [3.63, 3.8) is 0 Å². The van der Waals surface area contributed by atoms with Gasteiger partial charge in [-0.25, -0.2) is 0 Å². The lowest BCUT2D eigenvalue weighted by molar-refractivity contribution is 0.286.